The quantitative estimate of drug-likeness (QED) is 0.640. The van der Waals surface area contributed by atoms with Crippen LogP contribution in [-0.4, -0.2) is 51.4 Å². The van der Waals surface area contributed by atoms with Crippen LogP contribution in [0, 0.1) is 5.92 Å². The van der Waals surface area contributed by atoms with Crippen molar-refractivity contribution in [1.29, 1.82) is 0 Å². The van der Waals surface area contributed by atoms with Crippen LogP contribution in [0.5, 0.6) is 5.75 Å². The van der Waals surface area contributed by atoms with Crippen molar-refractivity contribution in [2.45, 2.75) is 44.6 Å². The number of nitrogens with zero attached hydrogens (tertiary/aromatic N) is 1. The van der Waals surface area contributed by atoms with Gasteiger partial charge < -0.3 is 15.0 Å². The number of hydrogen-bond donors (Lipinski definition) is 2. The van der Waals surface area contributed by atoms with Gasteiger partial charge in [-0.2, -0.15) is 0 Å². The van der Waals surface area contributed by atoms with Gasteiger partial charge in [-0.15, -0.1) is 0 Å². The number of carbonyl (C=O) groups is 2. The lowest BCUT2D eigenvalue weighted by Gasteiger charge is -2.30. The summed E-state index contributed by atoms with van der Waals surface area (Å²) in [5.74, 6) is 0.231. The number of benzene rings is 2. The Balaban J connectivity index is 1.91. The van der Waals surface area contributed by atoms with Gasteiger partial charge in [0.25, 0.3) is 21.8 Å². The van der Waals surface area contributed by atoms with E-state index in [1.165, 1.54) is 31.4 Å². The summed E-state index contributed by atoms with van der Waals surface area (Å²) in [6.07, 6.45) is 1.81. The maximum atomic E-state index is 13.2. The van der Waals surface area contributed by atoms with E-state index < -0.39 is 10.0 Å². The van der Waals surface area contributed by atoms with Crippen molar-refractivity contribution >= 4 is 27.5 Å². The summed E-state index contributed by atoms with van der Waals surface area (Å²) in [5, 5.41) is 2.76. The molecule has 1 aliphatic heterocycles. The van der Waals surface area contributed by atoms with Gasteiger partial charge in [0.05, 0.1) is 28.8 Å². The summed E-state index contributed by atoms with van der Waals surface area (Å²) < 4.78 is 34.2. The Morgan fingerprint density at radius 2 is 1.73 bits per heavy atom. The van der Waals surface area contributed by atoms with E-state index >= 15 is 0 Å². The molecule has 1 aliphatic rings. The molecule has 0 unspecified atom stereocenters. The molecule has 0 aliphatic carbocycles. The number of hydrogen-bond acceptors (Lipinski definition) is 5. The number of anilines is 1. The first kappa shape index (κ1) is 24.6. The van der Waals surface area contributed by atoms with Gasteiger partial charge in [-0.1, -0.05) is 19.1 Å². The van der Waals surface area contributed by atoms with Gasteiger partial charge in [-0.3, -0.25) is 14.3 Å². The number of methoxy groups -OCH3 is 1. The molecule has 0 radical (unpaired) electrons. The summed E-state index contributed by atoms with van der Waals surface area (Å²) in [4.78, 5) is 27.3. The molecule has 0 saturated carbocycles. The highest BCUT2D eigenvalue weighted by molar-refractivity contribution is 7.92. The van der Waals surface area contributed by atoms with E-state index in [2.05, 4.69) is 17.0 Å². The molecule has 0 bridgehead atoms. The molecule has 2 amide bonds. The normalized spacial score (nSPS) is 14.8. The third-order valence-electron chi connectivity index (χ3n) is 5.62. The Hall–Kier alpha value is -3.07. The second-order valence-corrected chi connectivity index (χ2v) is 10.3. The molecule has 1 heterocycles. The summed E-state index contributed by atoms with van der Waals surface area (Å²) >= 11 is 0. The molecular formula is C24H31N3O5S. The summed E-state index contributed by atoms with van der Waals surface area (Å²) in [5.41, 5.74) is 0.562. The van der Waals surface area contributed by atoms with Gasteiger partial charge in [0.15, 0.2) is 0 Å². The van der Waals surface area contributed by atoms with Crippen LogP contribution in [0.2, 0.25) is 0 Å². The molecular weight excluding hydrogens is 442 g/mol. The molecule has 2 N–H and O–H groups in total. The van der Waals surface area contributed by atoms with E-state index in [-0.39, 0.29) is 39.6 Å². The predicted octanol–water partition coefficient (Wildman–Crippen LogP) is 3.51. The van der Waals surface area contributed by atoms with Crippen molar-refractivity contribution in [2.75, 3.05) is 24.9 Å². The molecule has 2 aromatic rings. The number of sulfonamides is 1. The highest BCUT2D eigenvalue weighted by Crippen LogP contribution is 2.28. The van der Waals surface area contributed by atoms with Gasteiger partial charge >= 0.3 is 0 Å². The van der Waals surface area contributed by atoms with Crippen LogP contribution in [0.15, 0.2) is 47.4 Å². The van der Waals surface area contributed by atoms with Crippen molar-refractivity contribution in [3.63, 3.8) is 0 Å². The van der Waals surface area contributed by atoms with Gasteiger partial charge in [0.1, 0.15) is 5.75 Å². The lowest BCUT2D eigenvalue weighted by molar-refractivity contribution is 0.0693. The number of ether oxygens (including phenoxy) is 1. The van der Waals surface area contributed by atoms with E-state index in [1.54, 1.807) is 23.1 Å². The lowest BCUT2D eigenvalue weighted by Crippen LogP contribution is -2.38. The Morgan fingerprint density at radius 1 is 1.06 bits per heavy atom. The second-order valence-electron chi connectivity index (χ2n) is 8.62. The van der Waals surface area contributed by atoms with Crippen LogP contribution in [0.1, 0.15) is 54.3 Å². The van der Waals surface area contributed by atoms with Gasteiger partial charge in [-0.25, -0.2) is 8.42 Å². The molecule has 1 saturated heterocycles. The van der Waals surface area contributed by atoms with Crippen LogP contribution in [0.3, 0.4) is 0 Å². The van der Waals surface area contributed by atoms with Crippen LogP contribution in [-0.2, 0) is 10.0 Å². The SMILES string of the molecule is COc1ccc(S(=O)(=O)Nc2ccccc2C(=O)NC(C)C)cc1C(=O)N1CCC(C)CC1. The number of carbonyl (C=O) groups excluding carboxylic acids is 2. The number of nitrogens with one attached hydrogen (secondary N) is 2. The standard InChI is InChI=1S/C24H31N3O5S/c1-16(2)25-23(28)19-7-5-6-8-21(19)26-33(30,31)18-9-10-22(32-4)20(15-18)24(29)27-13-11-17(3)12-14-27/h5-10,15-17,26H,11-14H2,1-4H3,(H,25,28). The average molecular weight is 474 g/mol. The largest absolute Gasteiger partial charge is 0.496 e. The highest BCUT2D eigenvalue weighted by Gasteiger charge is 2.26. The van der Waals surface area contributed by atoms with Crippen molar-refractivity contribution in [1.82, 2.24) is 10.2 Å². The zero-order valence-corrected chi connectivity index (χ0v) is 20.2. The molecule has 33 heavy (non-hydrogen) atoms. The molecule has 178 valence electrons. The fourth-order valence-electron chi connectivity index (χ4n) is 3.72. The van der Waals surface area contributed by atoms with Gasteiger partial charge in [0, 0.05) is 19.1 Å². The minimum Gasteiger partial charge on any atom is -0.496 e. The topological polar surface area (TPSA) is 105 Å². The molecule has 8 nitrogen and oxygen atoms in total. The fourth-order valence-corrected chi connectivity index (χ4v) is 4.82. The zero-order chi connectivity index (χ0) is 24.2. The third-order valence-corrected chi connectivity index (χ3v) is 6.98. The van der Waals surface area contributed by atoms with Crippen LogP contribution in [0.4, 0.5) is 5.69 Å². The van der Waals surface area contributed by atoms with Crippen LogP contribution in [0.25, 0.3) is 0 Å². The monoisotopic (exact) mass is 473 g/mol. The highest BCUT2D eigenvalue weighted by atomic mass is 32.2. The van der Waals surface area contributed by atoms with Gasteiger partial charge in [-0.05, 0) is 62.9 Å². The summed E-state index contributed by atoms with van der Waals surface area (Å²) in [6, 6.07) is 10.5. The number of rotatable bonds is 7. The smallest absolute Gasteiger partial charge is 0.261 e. The lowest BCUT2D eigenvalue weighted by atomic mass is 9.98. The minimum absolute atomic E-state index is 0.0869. The van der Waals surface area contributed by atoms with E-state index in [0.29, 0.717) is 24.8 Å². The number of likely N-dealkylation sites (tertiary alicyclic amines) is 1. The molecule has 2 aromatic carbocycles. The second kappa shape index (κ2) is 10.2. The Labute approximate surface area is 195 Å². The first-order chi connectivity index (χ1) is 15.6. The molecule has 3 rings (SSSR count). The van der Waals surface area contributed by atoms with E-state index in [0.717, 1.165) is 12.8 Å². The summed E-state index contributed by atoms with van der Waals surface area (Å²) in [6.45, 7) is 7.04. The first-order valence-electron chi connectivity index (χ1n) is 11.0. The van der Waals surface area contributed by atoms with E-state index in [1.807, 2.05) is 13.8 Å². The zero-order valence-electron chi connectivity index (χ0n) is 19.4. The number of para-hydroxylation sites is 1. The average Bonchev–Trinajstić information content (AvgIpc) is 2.78. The fraction of sp³-hybridized carbons (Fsp3) is 0.417. The number of piperidine rings is 1. The van der Waals surface area contributed by atoms with E-state index in [9.17, 15) is 18.0 Å². The van der Waals surface area contributed by atoms with Gasteiger partial charge in [0.2, 0.25) is 0 Å². The summed E-state index contributed by atoms with van der Waals surface area (Å²) in [7, 11) is -2.63. The Morgan fingerprint density at radius 3 is 2.36 bits per heavy atom. The van der Waals surface area contributed by atoms with E-state index in [4.69, 9.17) is 4.74 Å². The van der Waals surface area contributed by atoms with Crippen molar-refractivity contribution in [3.8, 4) is 5.75 Å². The minimum atomic E-state index is -4.07. The first-order valence-corrected chi connectivity index (χ1v) is 12.5. The molecule has 0 spiro atoms. The molecule has 1 fully saturated rings. The van der Waals surface area contributed by atoms with Crippen molar-refractivity contribution in [2.24, 2.45) is 5.92 Å². The Bertz CT molecular complexity index is 1120. The van der Waals surface area contributed by atoms with Crippen LogP contribution >= 0.6 is 0 Å². The molecule has 9 heteroatoms. The maximum absolute atomic E-state index is 13.2. The van der Waals surface area contributed by atoms with Crippen molar-refractivity contribution < 1.29 is 22.7 Å². The van der Waals surface area contributed by atoms with Crippen molar-refractivity contribution in [3.05, 3.63) is 53.6 Å². The predicted molar refractivity (Wildman–Crippen MR) is 127 cm³/mol. The number of amides is 2. The molecule has 0 aromatic heterocycles. The third kappa shape index (κ3) is 5.84. The molecule has 0 atom stereocenters. The van der Waals surface area contributed by atoms with Crippen LogP contribution < -0.4 is 14.8 Å². The Kier molecular flexibility index (Phi) is 7.63. The maximum Gasteiger partial charge on any atom is 0.261 e.